The van der Waals surface area contributed by atoms with E-state index in [0.717, 1.165) is 24.5 Å². The van der Waals surface area contributed by atoms with Crippen molar-refractivity contribution in [1.82, 2.24) is 4.98 Å². The zero-order valence-electron chi connectivity index (χ0n) is 13.8. The minimum Gasteiger partial charge on any atom is -0.453 e. The first-order valence-electron chi connectivity index (χ1n) is 8.18. The molecular weight excluding hydrogens is 304 g/mol. The molecule has 6 nitrogen and oxygen atoms in total. The third-order valence-corrected chi connectivity index (χ3v) is 4.06. The highest BCUT2D eigenvalue weighted by Gasteiger charge is 2.10. The Kier molecular flexibility index (Phi) is 5.15. The molecule has 0 spiro atoms. The van der Waals surface area contributed by atoms with Crippen LogP contribution >= 0.6 is 0 Å². The molecule has 2 aromatic rings. The first-order chi connectivity index (χ1) is 11.7. The van der Waals surface area contributed by atoms with Gasteiger partial charge in [0.15, 0.2) is 0 Å². The topological polar surface area (TPSA) is 66.5 Å². The molecule has 1 aliphatic rings. The Labute approximate surface area is 141 Å². The van der Waals surface area contributed by atoms with E-state index in [1.54, 1.807) is 12.3 Å². The van der Waals surface area contributed by atoms with Crippen LogP contribution in [0, 0.1) is 0 Å². The summed E-state index contributed by atoms with van der Waals surface area (Å²) in [6.07, 6.45) is 5.03. The second-order valence-electron chi connectivity index (χ2n) is 5.77. The average Bonchev–Trinajstić information content (AvgIpc) is 2.64. The number of methoxy groups -OCH3 is 1. The number of nitrogens with one attached hydrogen (secondary N) is 2. The molecule has 0 atom stereocenters. The number of rotatable bonds is 4. The fourth-order valence-electron chi connectivity index (χ4n) is 2.77. The predicted octanol–water partition coefficient (Wildman–Crippen LogP) is 3.99. The van der Waals surface area contributed by atoms with Crippen molar-refractivity contribution >= 4 is 29.0 Å². The second kappa shape index (κ2) is 7.68. The molecule has 2 N–H and O–H groups in total. The van der Waals surface area contributed by atoms with Crippen LogP contribution in [0.5, 0.6) is 0 Å². The smallest absolute Gasteiger partial charge is 0.412 e. The Morgan fingerprint density at radius 2 is 1.75 bits per heavy atom. The average molecular weight is 326 g/mol. The molecule has 1 aromatic heterocycles. The number of nitrogens with zero attached hydrogens (tertiary/aromatic N) is 2. The SMILES string of the molecule is COC(=O)Nc1ccc(Nc2ccc(N3CCCCC3)cc2)cn1. The van der Waals surface area contributed by atoms with E-state index < -0.39 is 6.09 Å². The first kappa shape index (κ1) is 16.1. The van der Waals surface area contributed by atoms with Crippen LogP contribution in [0.3, 0.4) is 0 Å². The standard InChI is InChI=1S/C18H22N4O2/c1-24-18(23)21-17-10-7-15(13-19-17)20-14-5-8-16(9-6-14)22-11-3-2-4-12-22/h5-10,13,20H,2-4,11-12H2,1H3,(H,19,21,23). The fourth-order valence-corrected chi connectivity index (χ4v) is 2.77. The number of benzene rings is 1. The van der Waals surface area contributed by atoms with Gasteiger partial charge in [-0.2, -0.15) is 0 Å². The summed E-state index contributed by atoms with van der Waals surface area (Å²) in [5.41, 5.74) is 3.14. The lowest BCUT2D eigenvalue weighted by Crippen LogP contribution is -2.29. The molecule has 1 saturated heterocycles. The van der Waals surface area contributed by atoms with Gasteiger partial charge >= 0.3 is 6.09 Å². The van der Waals surface area contributed by atoms with Crippen molar-refractivity contribution in [3.8, 4) is 0 Å². The zero-order chi connectivity index (χ0) is 16.8. The van der Waals surface area contributed by atoms with E-state index >= 15 is 0 Å². The number of ether oxygens (including phenoxy) is 1. The number of hydrogen-bond acceptors (Lipinski definition) is 5. The highest BCUT2D eigenvalue weighted by molar-refractivity contribution is 5.83. The van der Waals surface area contributed by atoms with Crippen molar-refractivity contribution in [2.45, 2.75) is 19.3 Å². The van der Waals surface area contributed by atoms with Gasteiger partial charge in [-0.15, -0.1) is 0 Å². The largest absolute Gasteiger partial charge is 0.453 e. The van der Waals surface area contributed by atoms with Gasteiger partial charge in [-0.3, -0.25) is 5.32 Å². The summed E-state index contributed by atoms with van der Waals surface area (Å²) < 4.78 is 4.53. The van der Waals surface area contributed by atoms with Crippen molar-refractivity contribution in [3.63, 3.8) is 0 Å². The monoisotopic (exact) mass is 326 g/mol. The van der Waals surface area contributed by atoms with Crippen molar-refractivity contribution in [2.24, 2.45) is 0 Å². The van der Waals surface area contributed by atoms with Gasteiger partial charge in [0.05, 0.1) is 19.0 Å². The lowest BCUT2D eigenvalue weighted by atomic mass is 10.1. The van der Waals surface area contributed by atoms with Crippen LogP contribution < -0.4 is 15.5 Å². The van der Waals surface area contributed by atoms with Gasteiger partial charge in [0.1, 0.15) is 5.82 Å². The first-order valence-corrected chi connectivity index (χ1v) is 8.18. The lowest BCUT2D eigenvalue weighted by Gasteiger charge is -2.28. The molecule has 1 aromatic carbocycles. The quantitative estimate of drug-likeness (QED) is 0.889. The summed E-state index contributed by atoms with van der Waals surface area (Å²) >= 11 is 0. The molecule has 6 heteroatoms. The molecule has 24 heavy (non-hydrogen) atoms. The molecule has 2 heterocycles. The maximum atomic E-state index is 11.1. The second-order valence-corrected chi connectivity index (χ2v) is 5.77. The molecular formula is C18H22N4O2. The molecule has 1 aliphatic heterocycles. The van der Waals surface area contributed by atoms with Crippen LogP contribution in [0.4, 0.5) is 27.7 Å². The molecule has 126 valence electrons. The lowest BCUT2D eigenvalue weighted by molar-refractivity contribution is 0.187. The Morgan fingerprint density at radius 1 is 1.04 bits per heavy atom. The van der Waals surface area contributed by atoms with Gasteiger partial charge in [0.25, 0.3) is 0 Å². The molecule has 0 unspecified atom stereocenters. The van der Waals surface area contributed by atoms with Crippen LogP contribution in [-0.2, 0) is 4.74 Å². The normalized spacial score (nSPS) is 14.1. The predicted molar refractivity (Wildman–Crippen MR) is 96.1 cm³/mol. The summed E-state index contributed by atoms with van der Waals surface area (Å²) in [4.78, 5) is 17.7. The van der Waals surface area contributed by atoms with E-state index in [0.29, 0.717) is 5.82 Å². The summed E-state index contributed by atoms with van der Waals surface area (Å²) in [6, 6.07) is 12.0. The van der Waals surface area contributed by atoms with E-state index in [-0.39, 0.29) is 0 Å². The minimum absolute atomic E-state index is 0.452. The Balaban J connectivity index is 1.60. The molecule has 0 aliphatic carbocycles. The molecule has 0 radical (unpaired) electrons. The van der Waals surface area contributed by atoms with Crippen LogP contribution in [0.1, 0.15) is 19.3 Å². The van der Waals surface area contributed by atoms with Gasteiger partial charge in [0.2, 0.25) is 0 Å². The van der Waals surface area contributed by atoms with E-state index in [4.69, 9.17) is 0 Å². The van der Waals surface area contributed by atoms with E-state index in [9.17, 15) is 4.79 Å². The Morgan fingerprint density at radius 3 is 2.38 bits per heavy atom. The number of anilines is 4. The number of carbonyl (C=O) groups excluding carboxylic acids is 1. The Hall–Kier alpha value is -2.76. The van der Waals surface area contributed by atoms with Gasteiger partial charge in [-0.25, -0.2) is 9.78 Å². The highest BCUT2D eigenvalue weighted by atomic mass is 16.5. The van der Waals surface area contributed by atoms with E-state index in [1.165, 1.54) is 32.1 Å². The molecule has 3 rings (SSSR count). The van der Waals surface area contributed by atoms with Crippen molar-refractivity contribution in [1.29, 1.82) is 0 Å². The van der Waals surface area contributed by atoms with Crippen LogP contribution in [-0.4, -0.2) is 31.3 Å². The molecule has 1 amide bonds. The summed E-state index contributed by atoms with van der Waals surface area (Å²) in [6.45, 7) is 2.29. The van der Waals surface area contributed by atoms with Crippen LogP contribution in [0.2, 0.25) is 0 Å². The summed E-state index contributed by atoms with van der Waals surface area (Å²) in [7, 11) is 1.32. The van der Waals surface area contributed by atoms with Crippen LogP contribution in [0.15, 0.2) is 42.6 Å². The summed E-state index contributed by atoms with van der Waals surface area (Å²) in [5.74, 6) is 0.452. The van der Waals surface area contributed by atoms with Crippen molar-refractivity contribution < 1.29 is 9.53 Å². The van der Waals surface area contributed by atoms with Crippen molar-refractivity contribution in [2.75, 3.05) is 35.7 Å². The number of piperidine rings is 1. The Bertz CT molecular complexity index is 664. The van der Waals surface area contributed by atoms with Crippen molar-refractivity contribution in [3.05, 3.63) is 42.6 Å². The molecule has 0 bridgehead atoms. The highest BCUT2D eigenvalue weighted by Crippen LogP contribution is 2.23. The molecule has 1 fully saturated rings. The third kappa shape index (κ3) is 4.16. The van der Waals surface area contributed by atoms with Crippen LogP contribution in [0.25, 0.3) is 0 Å². The number of aromatic nitrogens is 1. The number of hydrogen-bond donors (Lipinski definition) is 2. The number of pyridine rings is 1. The van der Waals surface area contributed by atoms with E-state index in [1.807, 2.05) is 6.07 Å². The minimum atomic E-state index is -0.531. The molecule has 0 saturated carbocycles. The van der Waals surface area contributed by atoms with Gasteiger partial charge < -0.3 is 15.0 Å². The van der Waals surface area contributed by atoms with E-state index in [2.05, 4.69) is 49.5 Å². The van der Waals surface area contributed by atoms with Gasteiger partial charge in [-0.1, -0.05) is 0 Å². The number of carbonyl (C=O) groups is 1. The van der Waals surface area contributed by atoms with Gasteiger partial charge in [0, 0.05) is 24.5 Å². The third-order valence-electron chi connectivity index (χ3n) is 4.06. The fraction of sp³-hybridized carbons (Fsp3) is 0.333. The maximum Gasteiger partial charge on any atom is 0.412 e. The summed E-state index contributed by atoms with van der Waals surface area (Å²) in [5, 5.41) is 5.82. The zero-order valence-corrected chi connectivity index (χ0v) is 13.8. The maximum absolute atomic E-state index is 11.1. The van der Waals surface area contributed by atoms with Gasteiger partial charge in [-0.05, 0) is 55.7 Å². The number of amides is 1.